The van der Waals surface area contributed by atoms with Gasteiger partial charge in [0.2, 0.25) is 0 Å². The number of rotatable bonds is 3. The molecule has 2 aromatic carbocycles. The first-order chi connectivity index (χ1) is 9.10. The van der Waals surface area contributed by atoms with Crippen LogP contribution in [0.1, 0.15) is 11.1 Å². The summed E-state index contributed by atoms with van der Waals surface area (Å²) in [4.78, 5) is 1.03. The van der Waals surface area contributed by atoms with Crippen LogP contribution in [-0.4, -0.2) is 0 Å². The van der Waals surface area contributed by atoms with Crippen molar-refractivity contribution < 1.29 is 4.39 Å². The number of hydrogen-bond acceptors (Lipinski definition) is 3. The van der Waals surface area contributed by atoms with Crippen molar-refractivity contribution in [3.05, 3.63) is 57.8 Å². The Morgan fingerprint density at radius 3 is 2.74 bits per heavy atom. The standard InChI is InChI=1S/C14H10BrFN2S/c15-13-6-12(18)3-4-14(13)19-8-9-1-2-11(16)5-10(9)7-17/h1-6H,8,18H2. The topological polar surface area (TPSA) is 49.8 Å². The van der Waals surface area contributed by atoms with E-state index in [0.29, 0.717) is 17.0 Å². The lowest BCUT2D eigenvalue weighted by molar-refractivity contribution is 0.627. The number of nitriles is 1. The minimum absolute atomic E-state index is 0.374. The molecule has 2 nitrogen and oxygen atoms in total. The van der Waals surface area contributed by atoms with Gasteiger partial charge in [0.1, 0.15) is 5.82 Å². The smallest absolute Gasteiger partial charge is 0.124 e. The number of nitrogens with zero attached hydrogens (tertiary/aromatic N) is 1. The predicted octanol–water partition coefficient (Wildman–Crippen LogP) is 4.33. The Bertz CT molecular complexity index is 652. The Balaban J connectivity index is 2.17. The molecule has 0 aliphatic rings. The zero-order chi connectivity index (χ0) is 13.8. The van der Waals surface area contributed by atoms with E-state index < -0.39 is 0 Å². The summed E-state index contributed by atoms with van der Waals surface area (Å²) < 4.78 is 13.9. The van der Waals surface area contributed by atoms with Gasteiger partial charge in [-0.1, -0.05) is 6.07 Å². The second-order valence-corrected chi connectivity index (χ2v) is 5.76. The van der Waals surface area contributed by atoms with Gasteiger partial charge in [-0.25, -0.2) is 4.39 Å². The Kier molecular flexibility index (Phi) is 4.46. The molecule has 0 fully saturated rings. The third-order valence-electron chi connectivity index (χ3n) is 2.53. The minimum Gasteiger partial charge on any atom is -0.399 e. The van der Waals surface area contributed by atoms with E-state index in [0.717, 1.165) is 14.9 Å². The molecule has 0 aromatic heterocycles. The van der Waals surface area contributed by atoms with Gasteiger partial charge in [-0.2, -0.15) is 5.26 Å². The lowest BCUT2D eigenvalue weighted by atomic mass is 10.1. The minimum atomic E-state index is -0.390. The molecule has 0 bridgehead atoms. The summed E-state index contributed by atoms with van der Waals surface area (Å²) in [6.07, 6.45) is 0. The molecule has 0 unspecified atom stereocenters. The number of anilines is 1. The van der Waals surface area contributed by atoms with Crippen LogP contribution in [0.25, 0.3) is 0 Å². The highest BCUT2D eigenvalue weighted by atomic mass is 79.9. The first-order valence-electron chi connectivity index (χ1n) is 5.46. The predicted molar refractivity (Wildman–Crippen MR) is 79.2 cm³/mol. The molecule has 0 atom stereocenters. The molecule has 0 amide bonds. The summed E-state index contributed by atoms with van der Waals surface area (Å²) in [6.45, 7) is 0. The largest absolute Gasteiger partial charge is 0.399 e. The maximum absolute atomic E-state index is 13.0. The van der Waals surface area contributed by atoms with Gasteiger partial charge in [-0.05, 0) is 51.8 Å². The van der Waals surface area contributed by atoms with Crippen LogP contribution < -0.4 is 5.73 Å². The Hall–Kier alpha value is -1.51. The zero-order valence-corrected chi connectivity index (χ0v) is 12.3. The summed E-state index contributed by atoms with van der Waals surface area (Å²) >= 11 is 5.01. The van der Waals surface area contributed by atoms with E-state index in [1.165, 1.54) is 12.1 Å². The molecule has 0 radical (unpaired) electrons. The summed E-state index contributed by atoms with van der Waals surface area (Å²) in [5.41, 5.74) is 7.55. The van der Waals surface area contributed by atoms with Gasteiger partial charge < -0.3 is 5.73 Å². The first kappa shape index (κ1) is 13.9. The third-order valence-corrected chi connectivity index (χ3v) is 4.57. The number of halogens is 2. The number of nitrogens with two attached hydrogens (primary N) is 1. The molecule has 0 aliphatic carbocycles. The molecule has 0 saturated heterocycles. The average Bonchev–Trinajstić information content (AvgIpc) is 2.39. The van der Waals surface area contributed by atoms with E-state index in [2.05, 4.69) is 15.9 Å². The molecular weight excluding hydrogens is 327 g/mol. The summed E-state index contributed by atoms with van der Waals surface area (Å²) in [5, 5.41) is 8.98. The van der Waals surface area contributed by atoms with Gasteiger partial charge in [0.15, 0.2) is 0 Å². The van der Waals surface area contributed by atoms with E-state index in [1.54, 1.807) is 17.8 Å². The first-order valence-corrected chi connectivity index (χ1v) is 7.24. The van der Waals surface area contributed by atoms with Crippen LogP contribution >= 0.6 is 27.7 Å². The van der Waals surface area contributed by atoms with Gasteiger partial charge in [0, 0.05) is 20.8 Å². The fraction of sp³-hybridized carbons (Fsp3) is 0.0714. The van der Waals surface area contributed by atoms with Crippen molar-refractivity contribution in [2.75, 3.05) is 5.73 Å². The average molecular weight is 337 g/mol. The summed E-state index contributed by atoms with van der Waals surface area (Å²) in [5.74, 6) is 0.213. The van der Waals surface area contributed by atoms with E-state index >= 15 is 0 Å². The lowest BCUT2D eigenvalue weighted by Crippen LogP contribution is -1.90. The maximum Gasteiger partial charge on any atom is 0.124 e. The molecule has 0 saturated carbocycles. The van der Waals surface area contributed by atoms with Crippen LogP contribution in [0.4, 0.5) is 10.1 Å². The van der Waals surface area contributed by atoms with Crippen molar-refractivity contribution in [3.8, 4) is 6.07 Å². The summed E-state index contributed by atoms with van der Waals surface area (Å²) in [6, 6.07) is 11.9. The van der Waals surface area contributed by atoms with Gasteiger partial charge in [0.05, 0.1) is 11.6 Å². The highest BCUT2D eigenvalue weighted by Crippen LogP contribution is 2.32. The zero-order valence-electron chi connectivity index (χ0n) is 9.86. The van der Waals surface area contributed by atoms with Crippen molar-refractivity contribution in [1.82, 2.24) is 0 Å². The monoisotopic (exact) mass is 336 g/mol. The second kappa shape index (κ2) is 6.09. The van der Waals surface area contributed by atoms with Crippen LogP contribution in [-0.2, 0) is 5.75 Å². The van der Waals surface area contributed by atoms with Crippen molar-refractivity contribution in [1.29, 1.82) is 5.26 Å². The lowest BCUT2D eigenvalue weighted by Gasteiger charge is -2.07. The van der Waals surface area contributed by atoms with Crippen molar-refractivity contribution in [2.45, 2.75) is 10.6 Å². The molecule has 2 N–H and O–H groups in total. The third kappa shape index (κ3) is 3.49. The molecule has 19 heavy (non-hydrogen) atoms. The quantitative estimate of drug-likeness (QED) is 0.670. The highest BCUT2D eigenvalue weighted by molar-refractivity contribution is 9.10. The number of benzene rings is 2. The SMILES string of the molecule is N#Cc1cc(F)ccc1CSc1ccc(N)cc1Br. The molecule has 5 heteroatoms. The maximum atomic E-state index is 13.0. The van der Waals surface area contributed by atoms with Gasteiger partial charge in [0.25, 0.3) is 0 Å². The Morgan fingerprint density at radius 2 is 2.05 bits per heavy atom. The fourth-order valence-corrected chi connectivity index (χ4v) is 3.23. The Morgan fingerprint density at radius 1 is 1.26 bits per heavy atom. The molecule has 0 aliphatic heterocycles. The molecule has 2 rings (SSSR count). The Labute approximate surface area is 123 Å². The van der Waals surface area contributed by atoms with Gasteiger partial charge in [-0.15, -0.1) is 11.8 Å². The van der Waals surface area contributed by atoms with Crippen molar-refractivity contribution >= 4 is 33.4 Å². The van der Waals surface area contributed by atoms with Crippen LogP contribution in [0.15, 0.2) is 45.8 Å². The van der Waals surface area contributed by atoms with Crippen LogP contribution in [0.3, 0.4) is 0 Å². The van der Waals surface area contributed by atoms with Crippen LogP contribution in [0.5, 0.6) is 0 Å². The van der Waals surface area contributed by atoms with Crippen molar-refractivity contribution in [3.63, 3.8) is 0 Å². The number of hydrogen-bond donors (Lipinski definition) is 1. The van der Waals surface area contributed by atoms with E-state index in [4.69, 9.17) is 11.0 Å². The van der Waals surface area contributed by atoms with Crippen LogP contribution in [0.2, 0.25) is 0 Å². The molecular formula is C14H10BrFN2S. The molecule has 2 aromatic rings. The highest BCUT2D eigenvalue weighted by Gasteiger charge is 2.06. The molecule has 96 valence electrons. The normalized spacial score (nSPS) is 10.2. The van der Waals surface area contributed by atoms with Gasteiger partial charge in [-0.3, -0.25) is 0 Å². The molecule has 0 spiro atoms. The summed E-state index contributed by atoms with van der Waals surface area (Å²) in [7, 11) is 0. The van der Waals surface area contributed by atoms with Crippen molar-refractivity contribution in [2.24, 2.45) is 0 Å². The van der Waals surface area contributed by atoms with E-state index in [-0.39, 0.29) is 5.82 Å². The van der Waals surface area contributed by atoms with E-state index in [1.807, 2.05) is 24.3 Å². The number of thioether (sulfide) groups is 1. The second-order valence-electron chi connectivity index (χ2n) is 3.89. The molecule has 0 heterocycles. The number of nitrogen functional groups attached to an aromatic ring is 1. The van der Waals surface area contributed by atoms with E-state index in [9.17, 15) is 4.39 Å². The fourth-order valence-electron chi connectivity index (χ4n) is 1.57. The van der Waals surface area contributed by atoms with Gasteiger partial charge >= 0.3 is 0 Å². The van der Waals surface area contributed by atoms with Crippen LogP contribution in [0, 0.1) is 17.1 Å².